The SMILES string of the molecule is O=C(C1CC(=O)N(c2ccc(F)cc2)C1)N1CCN(c2ccc(OC3CCCCC3)nn2)CC1. The monoisotopic (exact) mass is 467 g/mol. The van der Waals surface area contributed by atoms with Crippen LogP contribution in [0, 0.1) is 11.7 Å². The molecular weight excluding hydrogens is 437 g/mol. The zero-order chi connectivity index (χ0) is 23.5. The van der Waals surface area contributed by atoms with Crippen molar-refractivity contribution in [3.63, 3.8) is 0 Å². The van der Waals surface area contributed by atoms with Gasteiger partial charge in [-0.25, -0.2) is 4.39 Å². The average Bonchev–Trinajstić information content (AvgIpc) is 3.27. The molecule has 0 bridgehead atoms. The molecule has 2 aromatic rings. The number of halogens is 1. The second-order valence-corrected chi connectivity index (χ2v) is 9.30. The van der Waals surface area contributed by atoms with E-state index < -0.39 is 0 Å². The maximum Gasteiger partial charge on any atom is 0.233 e. The van der Waals surface area contributed by atoms with E-state index in [1.165, 1.54) is 31.4 Å². The molecule has 1 atom stereocenters. The Hall–Kier alpha value is -3.23. The van der Waals surface area contributed by atoms with Crippen LogP contribution in [0.25, 0.3) is 0 Å². The summed E-state index contributed by atoms with van der Waals surface area (Å²) in [5, 5.41) is 8.60. The molecule has 2 saturated heterocycles. The molecule has 34 heavy (non-hydrogen) atoms. The van der Waals surface area contributed by atoms with Gasteiger partial charge in [-0.3, -0.25) is 9.59 Å². The molecule has 2 aliphatic heterocycles. The number of hydrogen-bond donors (Lipinski definition) is 0. The highest BCUT2D eigenvalue weighted by Crippen LogP contribution is 2.27. The number of anilines is 2. The largest absolute Gasteiger partial charge is 0.473 e. The van der Waals surface area contributed by atoms with Gasteiger partial charge in [0.1, 0.15) is 11.9 Å². The molecule has 1 unspecified atom stereocenters. The number of rotatable bonds is 5. The lowest BCUT2D eigenvalue weighted by Crippen LogP contribution is -2.51. The van der Waals surface area contributed by atoms with Crippen LogP contribution < -0.4 is 14.5 Å². The number of ether oxygens (including phenoxy) is 1. The first-order valence-electron chi connectivity index (χ1n) is 12.2. The van der Waals surface area contributed by atoms with Gasteiger partial charge in [0, 0.05) is 50.9 Å². The van der Waals surface area contributed by atoms with E-state index in [-0.39, 0.29) is 36.1 Å². The first-order chi connectivity index (χ1) is 16.6. The minimum atomic E-state index is -0.375. The van der Waals surface area contributed by atoms with E-state index in [0.717, 1.165) is 18.7 Å². The van der Waals surface area contributed by atoms with Crippen molar-refractivity contribution in [3.05, 3.63) is 42.2 Å². The number of carbonyl (C=O) groups is 2. The Labute approximate surface area is 198 Å². The molecule has 180 valence electrons. The predicted molar refractivity (Wildman–Crippen MR) is 125 cm³/mol. The van der Waals surface area contributed by atoms with E-state index in [9.17, 15) is 14.0 Å². The number of carbonyl (C=O) groups excluding carboxylic acids is 2. The highest BCUT2D eigenvalue weighted by molar-refractivity contribution is 6.00. The normalized spacial score (nSPS) is 21.7. The molecule has 0 radical (unpaired) electrons. The number of piperazine rings is 1. The maximum atomic E-state index is 13.2. The minimum Gasteiger partial charge on any atom is -0.473 e. The van der Waals surface area contributed by atoms with Gasteiger partial charge < -0.3 is 19.4 Å². The Morgan fingerprint density at radius 1 is 0.941 bits per heavy atom. The summed E-state index contributed by atoms with van der Waals surface area (Å²) in [6.07, 6.45) is 6.27. The summed E-state index contributed by atoms with van der Waals surface area (Å²) in [6.45, 7) is 2.79. The smallest absolute Gasteiger partial charge is 0.233 e. The van der Waals surface area contributed by atoms with Gasteiger partial charge in [-0.15, -0.1) is 10.2 Å². The quantitative estimate of drug-likeness (QED) is 0.673. The Morgan fingerprint density at radius 2 is 1.68 bits per heavy atom. The van der Waals surface area contributed by atoms with Crippen LogP contribution in [-0.4, -0.2) is 65.7 Å². The highest BCUT2D eigenvalue weighted by Gasteiger charge is 2.38. The number of aromatic nitrogens is 2. The molecule has 2 amide bonds. The topological polar surface area (TPSA) is 78.9 Å². The molecule has 9 heteroatoms. The van der Waals surface area contributed by atoms with Crippen molar-refractivity contribution in [2.75, 3.05) is 42.5 Å². The molecule has 0 spiro atoms. The molecule has 3 heterocycles. The molecular formula is C25H30FN5O3. The molecule has 8 nitrogen and oxygen atoms in total. The lowest BCUT2D eigenvalue weighted by atomic mass is 9.98. The van der Waals surface area contributed by atoms with Crippen molar-refractivity contribution in [1.29, 1.82) is 0 Å². The second-order valence-electron chi connectivity index (χ2n) is 9.30. The van der Waals surface area contributed by atoms with Gasteiger partial charge in [0.2, 0.25) is 17.7 Å². The van der Waals surface area contributed by atoms with Crippen molar-refractivity contribution >= 4 is 23.3 Å². The van der Waals surface area contributed by atoms with Gasteiger partial charge >= 0.3 is 0 Å². The second kappa shape index (κ2) is 9.95. The van der Waals surface area contributed by atoms with Crippen molar-refractivity contribution in [3.8, 4) is 5.88 Å². The molecule has 1 aromatic heterocycles. The summed E-state index contributed by atoms with van der Waals surface area (Å²) in [6, 6.07) is 9.61. The third kappa shape index (κ3) is 4.98. The van der Waals surface area contributed by atoms with E-state index in [1.807, 2.05) is 17.0 Å². The summed E-state index contributed by atoms with van der Waals surface area (Å²) in [5.41, 5.74) is 0.626. The number of benzene rings is 1. The fraction of sp³-hybridized carbons (Fsp3) is 0.520. The molecule has 5 rings (SSSR count). The van der Waals surface area contributed by atoms with E-state index in [4.69, 9.17) is 4.74 Å². The summed E-state index contributed by atoms with van der Waals surface area (Å²) >= 11 is 0. The molecule has 1 aromatic carbocycles. The lowest BCUT2D eigenvalue weighted by Gasteiger charge is -2.36. The third-order valence-electron chi connectivity index (χ3n) is 6.99. The van der Waals surface area contributed by atoms with Crippen LogP contribution in [0.15, 0.2) is 36.4 Å². The van der Waals surface area contributed by atoms with Crippen LogP contribution in [0.3, 0.4) is 0 Å². The Kier molecular flexibility index (Phi) is 6.60. The summed E-state index contributed by atoms with van der Waals surface area (Å²) in [5.74, 6) is 0.522. The van der Waals surface area contributed by atoms with Crippen molar-refractivity contribution in [1.82, 2.24) is 15.1 Å². The summed E-state index contributed by atoms with van der Waals surface area (Å²) < 4.78 is 19.2. The standard InChI is InChI=1S/C25H30FN5O3/c26-19-6-8-20(9-7-19)31-17-18(16-24(31)32)25(33)30-14-12-29(13-15-30)22-10-11-23(28-27-22)34-21-4-2-1-3-5-21/h6-11,18,21H,1-5,12-17H2. The van der Waals surface area contributed by atoms with Gasteiger partial charge in [0.05, 0.1) is 5.92 Å². The van der Waals surface area contributed by atoms with Crippen LogP contribution in [0.4, 0.5) is 15.9 Å². The average molecular weight is 468 g/mol. The summed E-state index contributed by atoms with van der Waals surface area (Å²) in [7, 11) is 0. The van der Waals surface area contributed by atoms with E-state index in [1.54, 1.807) is 17.0 Å². The van der Waals surface area contributed by atoms with Crippen LogP contribution in [0.2, 0.25) is 0 Å². The fourth-order valence-electron chi connectivity index (χ4n) is 5.06. The Morgan fingerprint density at radius 3 is 2.35 bits per heavy atom. The first kappa shape index (κ1) is 22.6. The molecule has 3 aliphatic rings. The zero-order valence-electron chi connectivity index (χ0n) is 19.2. The van der Waals surface area contributed by atoms with Gasteiger partial charge in [0.15, 0.2) is 5.82 Å². The van der Waals surface area contributed by atoms with Crippen LogP contribution in [0.5, 0.6) is 5.88 Å². The number of hydrogen-bond acceptors (Lipinski definition) is 6. The van der Waals surface area contributed by atoms with Gasteiger partial charge in [-0.05, 0) is 56.0 Å². The molecule has 1 aliphatic carbocycles. The maximum absolute atomic E-state index is 13.2. The van der Waals surface area contributed by atoms with Gasteiger partial charge in [-0.2, -0.15) is 0 Å². The zero-order valence-corrected chi connectivity index (χ0v) is 19.2. The Bertz CT molecular complexity index is 1000. The van der Waals surface area contributed by atoms with E-state index >= 15 is 0 Å². The van der Waals surface area contributed by atoms with Crippen molar-refractivity contribution < 1.29 is 18.7 Å². The van der Waals surface area contributed by atoms with Crippen LogP contribution >= 0.6 is 0 Å². The van der Waals surface area contributed by atoms with Crippen LogP contribution in [-0.2, 0) is 9.59 Å². The first-order valence-corrected chi connectivity index (χ1v) is 12.2. The summed E-state index contributed by atoms with van der Waals surface area (Å²) in [4.78, 5) is 31.1. The van der Waals surface area contributed by atoms with E-state index in [2.05, 4.69) is 15.1 Å². The Balaban J connectivity index is 1.12. The van der Waals surface area contributed by atoms with Crippen molar-refractivity contribution in [2.24, 2.45) is 5.92 Å². The third-order valence-corrected chi connectivity index (χ3v) is 6.99. The molecule has 0 N–H and O–H groups in total. The number of nitrogens with zero attached hydrogens (tertiary/aromatic N) is 5. The molecule has 1 saturated carbocycles. The number of amides is 2. The van der Waals surface area contributed by atoms with Gasteiger partial charge in [-0.1, -0.05) is 6.42 Å². The lowest BCUT2D eigenvalue weighted by molar-refractivity contribution is -0.136. The van der Waals surface area contributed by atoms with E-state index in [0.29, 0.717) is 44.3 Å². The predicted octanol–water partition coefficient (Wildman–Crippen LogP) is 3.03. The van der Waals surface area contributed by atoms with Gasteiger partial charge in [0.25, 0.3) is 0 Å². The minimum absolute atomic E-state index is 0.0000688. The van der Waals surface area contributed by atoms with Crippen LogP contribution in [0.1, 0.15) is 38.5 Å². The molecule has 3 fully saturated rings. The van der Waals surface area contributed by atoms with Crippen molar-refractivity contribution in [2.45, 2.75) is 44.6 Å². The fourth-order valence-corrected chi connectivity index (χ4v) is 5.06. The highest BCUT2D eigenvalue weighted by atomic mass is 19.1.